The Kier molecular flexibility index (Phi) is 0.848. The van der Waals surface area contributed by atoms with Crippen LogP contribution in [-0.4, -0.2) is 7.04 Å². The summed E-state index contributed by atoms with van der Waals surface area (Å²) in [6, 6.07) is -1.89. The van der Waals surface area contributed by atoms with E-state index >= 15 is 0 Å². The van der Waals surface area contributed by atoms with Crippen LogP contribution in [0.1, 0.15) is 8.22 Å². The molecule has 1 nitrogen and oxygen atoms in total. The number of rotatable bonds is 1. The van der Waals surface area contributed by atoms with Gasteiger partial charge < -0.3 is 4.74 Å². The Morgan fingerprint density at radius 2 is 2.60 bits per heavy atom. The summed E-state index contributed by atoms with van der Waals surface area (Å²) >= 11 is 2.69. The Hall–Kier alpha value is -0.570. The van der Waals surface area contributed by atoms with Crippen LogP contribution in [0.25, 0.3) is 0 Å². The fraction of sp³-hybridized carbons (Fsp3) is 0.143. The molecule has 1 aromatic rings. The smallest absolute Gasteiger partial charge is 0.179 e. The van der Waals surface area contributed by atoms with Gasteiger partial charge in [-0.2, -0.15) is 0 Å². The lowest BCUT2D eigenvalue weighted by atomic mass is 10.3. The summed E-state index contributed by atoms with van der Waals surface area (Å²) in [6.07, 6.45) is 0. The maximum atomic E-state index is 13.5. The summed E-state index contributed by atoms with van der Waals surface area (Å²) in [6.45, 7) is 0. The summed E-state index contributed by atoms with van der Waals surface area (Å²) in [4.78, 5) is 0. The lowest BCUT2D eigenvalue weighted by molar-refractivity contribution is 0.385. The Balaban J connectivity index is 3.40. The SMILES string of the molecule is [2H]c1c([2H])c(Br)c(F)c(OC([2H])([2H])[2H])c1[2H]. The molecule has 0 heterocycles. The number of hydrogen-bond donors (Lipinski definition) is 0. The molecule has 1 rings (SSSR count). The minimum absolute atomic E-state index is 0.396. The van der Waals surface area contributed by atoms with Crippen LogP contribution in [0.15, 0.2) is 22.6 Å². The van der Waals surface area contributed by atoms with Crippen molar-refractivity contribution in [2.45, 2.75) is 0 Å². The highest BCUT2D eigenvalue weighted by Gasteiger charge is 2.03. The fourth-order valence-corrected chi connectivity index (χ4v) is 0.702. The van der Waals surface area contributed by atoms with E-state index in [0.717, 1.165) is 0 Å². The van der Waals surface area contributed by atoms with Gasteiger partial charge in [-0.25, -0.2) is 4.39 Å². The van der Waals surface area contributed by atoms with E-state index in [1.165, 1.54) is 0 Å². The topological polar surface area (TPSA) is 9.23 Å². The highest BCUT2D eigenvalue weighted by atomic mass is 79.9. The normalized spacial score (nSPS) is 19.4. The Labute approximate surface area is 75.4 Å². The summed E-state index contributed by atoms with van der Waals surface area (Å²) in [7, 11) is -2.91. The Bertz CT molecular complexity index is 403. The monoisotopic (exact) mass is 210 g/mol. The molecular weight excluding hydrogens is 199 g/mol. The van der Waals surface area contributed by atoms with E-state index in [1.807, 2.05) is 0 Å². The third kappa shape index (κ3) is 1.29. The molecule has 0 saturated carbocycles. The van der Waals surface area contributed by atoms with Gasteiger partial charge in [-0.05, 0) is 28.0 Å². The van der Waals surface area contributed by atoms with Gasteiger partial charge in [0.25, 0.3) is 0 Å². The van der Waals surface area contributed by atoms with Gasteiger partial charge in [-0.1, -0.05) is 6.04 Å². The van der Waals surface area contributed by atoms with Crippen LogP contribution < -0.4 is 4.74 Å². The van der Waals surface area contributed by atoms with Gasteiger partial charge in [0.2, 0.25) is 0 Å². The summed E-state index contributed by atoms with van der Waals surface area (Å²) < 4.78 is 59.6. The van der Waals surface area contributed by atoms with Crippen LogP contribution in [0.3, 0.4) is 0 Å². The predicted molar refractivity (Wildman–Crippen MR) is 40.7 cm³/mol. The molecule has 10 heavy (non-hydrogen) atoms. The average Bonchev–Trinajstić information content (AvgIpc) is 2.17. The van der Waals surface area contributed by atoms with Crippen LogP contribution in [0.5, 0.6) is 5.75 Å². The predicted octanol–water partition coefficient (Wildman–Crippen LogP) is 2.60. The van der Waals surface area contributed by atoms with Crippen molar-refractivity contribution < 1.29 is 17.4 Å². The standard InChI is InChI=1S/C7H6BrFO/c1-10-6-4-2-3-5(8)7(6)9/h2-4H,1H3/i1D3,2D,3D,4D. The Morgan fingerprint density at radius 1 is 1.80 bits per heavy atom. The first-order chi connectivity index (χ1) is 7.15. The van der Waals surface area contributed by atoms with Gasteiger partial charge in [-0.3, -0.25) is 0 Å². The zero-order valence-corrected chi connectivity index (χ0v) is 6.25. The second-order valence-electron chi connectivity index (χ2n) is 1.43. The van der Waals surface area contributed by atoms with E-state index < -0.39 is 41.2 Å². The zero-order chi connectivity index (χ0) is 12.7. The average molecular weight is 211 g/mol. The van der Waals surface area contributed by atoms with Crippen LogP contribution in [-0.2, 0) is 0 Å². The molecule has 0 bridgehead atoms. The van der Waals surface area contributed by atoms with Crippen molar-refractivity contribution in [2.24, 2.45) is 0 Å². The fourth-order valence-electron chi connectivity index (χ4n) is 0.423. The van der Waals surface area contributed by atoms with Gasteiger partial charge in [0.05, 0.1) is 19.7 Å². The van der Waals surface area contributed by atoms with E-state index in [-0.39, 0.29) is 0 Å². The van der Waals surface area contributed by atoms with Gasteiger partial charge in [0.1, 0.15) is 0 Å². The van der Waals surface area contributed by atoms with Crippen molar-refractivity contribution in [2.75, 3.05) is 7.04 Å². The van der Waals surface area contributed by atoms with E-state index in [2.05, 4.69) is 20.7 Å². The summed E-state index contributed by atoms with van der Waals surface area (Å²) in [5, 5.41) is 0. The molecule has 0 saturated heterocycles. The third-order valence-corrected chi connectivity index (χ3v) is 1.39. The molecule has 0 atom stereocenters. The van der Waals surface area contributed by atoms with Gasteiger partial charge in [-0.15, -0.1) is 0 Å². The summed E-state index contributed by atoms with van der Waals surface area (Å²) in [5.41, 5.74) is 0. The first-order valence-electron chi connectivity index (χ1n) is 5.29. The molecule has 0 aliphatic heterocycles. The number of hydrogen-bond acceptors (Lipinski definition) is 1. The largest absolute Gasteiger partial charge is 0.494 e. The minimum Gasteiger partial charge on any atom is -0.494 e. The molecule has 3 heteroatoms. The molecule has 54 valence electrons. The lowest BCUT2D eigenvalue weighted by Crippen LogP contribution is -1.87. The van der Waals surface area contributed by atoms with Crippen LogP contribution in [0.4, 0.5) is 4.39 Å². The second kappa shape index (κ2) is 3.01. The maximum Gasteiger partial charge on any atom is 0.179 e. The molecule has 0 aliphatic rings. The number of benzene rings is 1. The molecule has 0 radical (unpaired) electrons. The first-order valence-corrected chi connectivity index (χ1v) is 3.08. The number of halogens is 2. The summed E-state index contributed by atoms with van der Waals surface area (Å²) in [5.74, 6) is -2.02. The number of ether oxygens (including phenoxy) is 1. The Morgan fingerprint density at radius 3 is 3.30 bits per heavy atom. The van der Waals surface area contributed by atoms with Crippen LogP contribution in [0, 0.1) is 5.82 Å². The first kappa shape index (κ1) is 2.81. The van der Waals surface area contributed by atoms with Crippen molar-refractivity contribution in [3.8, 4) is 5.75 Å². The zero-order valence-electron chi connectivity index (χ0n) is 10.7. The van der Waals surface area contributed by atoms with Crippen LogP contribution >= 0.6 is 15.9 Å². The molecule has 1 aromatic carbocycles. The van der Waals surface area contributed by atoms with Gasteiger partial charge in [0.15, 0.2) is 11.6 Å². The van der Waals surface area contributed by atoms with Crippen molar-refractivity contribution in [1.82, 2.24) is 0 Å². The number of methoxy groups -OCH3 is 1. The van der Waals surface area contributed by atoms with Gasteiger partial charge in [0, 0.05) is 0 Å². The van der Waals surface area contributed by atoms with E-state index in [9.17, 15) is 4.39 Å². The highest BCUT2D eigenvalue weighted by Crippen LogP contribution is 2.23. The quantitative estimate of drug-likeness (QED) is 0.693. The molecule has 0 spiro atoms. The second-order valence-corrected chi connectivity index (χ2v) is 2.23. The molecular formula is C7H6BrFO. The molecule has 0 fully saturated rings. The van der Waals surface area contributed by atoms with E-state index in [1.54, 1.807) is 0 Å². The minimum atomic E-state index is -2.91. The van der Waals surface area contributed by atoms with Crippen molar-refractivity contribution >= 4 is 15.9 Å². The molecule has 0 unspecified atom stereocenters. The maximum absolute atomic E-state index is 13.5. The third-order valence-electron chi connectivity index (χ3n) is 0.842. The molecule has 0 aliphatic carbocycles. The highest BCUT2D eigenvalue weighted by molar-refractivity contribution is 9.10. The van der Waals surface area contributed by atoms with E-state index in [4.69, 9.17) is 8.22 Å². The molecule has 0 N–H and O–H groups in total. The lowest BCUT2D eigenvalue weighted by Gasteiger charge is -2.00. The van der Waals surface area contributed by atoms with Crippen molar-refractivity contribution in [3.63, 3.8) is 0 Å². The van der Waals surface area contributed by atoms with Gasteiger partial charge >= 0.3 is 0 Å². The van der Waals surface area contributed by atoms with E-state index in [0.29, 0.717) is 0 Å². The van der Waals surface area contributed by atoms with Crippen molar-refractivity contribution in [1.29, 1.82) is 0 Å². The van der Waals surface area contributed by atoms with Crippen molar-refractivity contribution in [3.05, 3.63) is 28.4 Å². The molecule has 0 aromatic heterocycles. The van der Waals surface area contributed by atoms with Crippen LogP contribution in [0.2, 0.25) is 0 Å². The molecule has 0 amide bonds.